The Kier molecular flexibility index (Phi) is 8.10. The van der Waals surface area contributed by atoms with Crippen molar-refractivity contribution in [3.63, 3.8) is 0 Å². The van der Waals surface area contributed by atoms with Gasteiger partial charge in [-0.05, 0) is 48.6 Å². The van der Waals surface area contributed by atoms with Gasteiger partial charge >= 0.3 is 0 Å². The van der Waals surface area contributed by atoms with E-state index in [0.29, 0.717) is 17.7 Å². The number of hydrogen-bond acceptors (Lipinski definition) is 4. The summed E-state index contributed by atoms with van der Waals surface area (Å²) < 4.78 is 5.46. The van der Waals surface area contributed by atoms with Crippen LogP contribution < -0.4 is 10.2 Å². The van der Waals surface area contributed by atoms with Crippen molar-refractivity contribution in [1.82, 2.24) is 5.43 Å². The summed E-state index contributed by atoms with van der Waals surface area (Å²) in [6.45, 7) is 5.69. The van der Waals surface area contributed by atoms with Gasteiger partial charge < -0.3 is 9.84 Å². The fourth-order valence-electron chi connectivity index (χ4n) is 2.52. The highest BCUT2D eigenvalue weighted by atomic mass is 16.5. The summed E-state index contributed by atoms with van der Waals surface area (Å²) in [6, 6.07) is 13.1. The first-order valence-corrected chi connectivity index (χ1v) is 9.09. The molecule has 142 valence electrons. The lowest BCUT2D eigenvalue weighted by molar-refractivity contribution is -0.123. The molecule has 0 aliphatic heterocycles. The molecule has 0 heterocycles. The molecule has 2 aromatic carbocycles. The number of amides is 1. The van der Waals surface area contributed by atoms with E-state index >= 15 is 0 Å². The Bertz CT molecular complexity index is 783. The third-order valence-corrected chi connectivity index (χ3v) is 4.02. The lowest BCUT2D eigenvalue weighted by atomic mass is 10.1. The van der Waals surface area contributed by atoms with Crippen molar-refractivity contribution in [1.29, 1.82) is 0 Å². The molecule has 0 unspecified atom stereocenters. The van der Waals surface area contributed by atoms with E-state index in [1.54, 1.807) is 12.1 Å². The highest BCUT2D eigenvalue weighted by molar-refractivity contribution is 5.86. The number of aryl methyl sites for hydroxylation is 1. The van der Waals surface area contributed by atoms with Crippen LogP contribution in [0.3, 0.4) is 0 Å². The summed E-state index contributed by atoms with van der Waals surface area (Å²) in [5.41, 5.74) is 4.94. The van der Waals surface area contributed by atoms with Gasteiger partial charge in [0.15, 0.2) is 6.61 Å². The van der Waals surface area contributed by atoms with Crippen LogP contribution in [0.5, 0.6) is 11.5 Å². The molecule has 0 saturated heterocycles. The molecule has 0 fully saturated rings. The predicted molar refractivity (Wildman–Crippen MR) is 108 cm³/mol. The van der Waals surface area contributed by atoms with Crippen LogP contribution in [0.25, 0.3) is 0 Å². The van der Waals surface area contributed by atoms with Crippen LogP contribution in [0.4, 0.5) is 0 Å². The Hall–Kier alpha value is -3.08. The Morgan fingerprint density at radius 2 is 2.04 bits per heavy atom. The van der Waals surface area contributed by atoms with Crippen molar-refractivity contribution >= 4 is 12.1 Å². The number of hydrogen-bond donors (Lipinski definition) is 2. The Morgan fingerprint density at radius 1 is 1.26 bits per heavy atom. The van der Waals surface area contributed by atoms with Crippen LogP contribution in [0.15, 0.2) is 60.2 Å². The number of unbranched alkanes of at least 4 members (excludes halogenated alkanes) is 1. The molecular formula is C22H26N2O3. The van der Waals surface area contributed by atoms with E-state index in [2.05, 4.69) is 24.0 Å². The largest absolute Gasteiger partial charge is 0.507 e. The zero-order chi connectivity index (χ0) is 19.5. The number of allylic oxidation sites excluding steroid dienone is 1. The summed E-state index contributed by atoms with van der Waals surface area (Å²) in [5.74, 6) is 0.405. The van der Waals surface area contributed by atoms with Gasteiger partial charge in [-0.1, -0.05) is 43.7 Å². The van der Waals surface area contributed by atoms with Gasteiger partial charge in [0.25, 0.3) is 5.91 Å². The first kappa shape index (κ1) is 20.2. The van der Waals surface area contributed by atoms with Crippen LogP contribution in [-0.2, 0) is 17.6 Å². The van der Waals surface area contributed by atoms with Gasteiger partial charge in [-0.25, -0.2) is 5.43 Å². The highest BCUT2D eigenvalue weighted by Crippen LogP contribution is 2.21. The van der Waals surface area contributed by atoms with Gasteiger partial charge in [-0.15, -0.1) is 6.58 Å². The van der Waals surface area contributed by atoms with Crippen molar-refractivity contribution in [3.8, 4) is 11.5 Å². The van der Waals surface area contributed by atoms with Crippen molar-refractivity contribution < 1.29 is 14.6 Å². The number of nitrogens with one attached hydrogen (secondary N) is 1. The number of ether oxygens (including phenoxy) is 1. The second-order valence-electron chi connectivity index (χ2n) is 6.18. The lowest BCUT2D eigenvalue weighted by Gasteiger charge is -2.07. The number of nitrogens with zero attached hydrogens (tertiary/aromatic N) is 1. The number of rotatable bonds is 10. The molecule has 0 atom stereocenters. The maximum atomic E-state index is 11.8. The third kappa shape index (κ3) is 6.62. The van der Waals surface area contributed by atoms with E-state index in [4.69, 9.17) is 4.74 Å². The predicted octanol–water partition coefficient (Wildman–Crippen LogP) is 3.99. The van der Waals surface area contributed by atoms with Gasteiger partial charge in [0, 0.05) is 5.56 Å². The second-order valence-corrected chi connectivity index (χ2v) is 6.18. The van der Waals surface area contributed by atoms with Gasteiger partial charge in [0.05, 0.1) is 6.21 Å². The molecule has 1 amide bonds. The van der Waals surface area contributed by atoms with E-state index in [1.807, 2.05) is 36.4 Å². The molecule has 0 bridgehead atoms. The lowest BCUT2D eigenvalue weighted by Crippen LogP contribution is -2.24. The molecule has 0 aromatic heterocycles. The number of para-hydroxylation sites is 1. The van der Waals surface area contributed by atoms with Gasteiger partial charge in [-0.3, -0.25) is 4.79 Å². The summed E-state index contributed by atoms with van der Waals surface area (Å²) in [7, 11) is 0. The molecule has 0 spiro atoms. The maximum absolute atomic E-state index is 11.8. The first-order valence-electron chi connectivity index (χ1n) is 9.09. The number of benzene rings is 2. The SMILES string of the molecule is C=CCc1cccc(/C=N/NC(=O)COc2ccc(CCCC)cc2)c1O. The normalized spacial score (nSPS) is 10.7. The third-order valence-electron chi connectivity index (χ3n) is 4.02. The smallest absolute Gasteiger partial charge is 0.277 e. The molecule has 0 aliphatic rings. The molecule has 2 aromatic rings. The van der Waals surface area contributed by atoms with Gasteiger partial charge in [0.1, 0.15) is 11.5 Å². The summed E-state index contributed by atoms with van der Waals surface area (Å²) in [4.78, 5) is 11.8. The molecular weight excluding hydrogens is 340 g/mol. The average Bonchev–Trinajstić information content (AvgIpc) is 2.68. The highest BCUT2D eigenvalue weighted by Gasteiger charge is 2.05. The summed E-state index contributed by atoms with van der Waals surface area (Å²) in [5, 5.41) is 14.0. The topological polar surface area (TPSA) is 70.9 Å². The Balaban J connectivity index is 1.81. The minimum absolute atomic E-state index is 0.131. The average molecular weight is 366 g/mol. The van der Waals surface area contributed by atoms with Crippen molar-refractivity contribution in [3.05, 3.63) is 71.8 Å². The molecule has 2 rings (SSSR count). The monoisotopic (exact) mass is 366 g/mol. The van der Waals surface area contributed by atoms with E-state index < -0.39 is 0 Å². The van der Waals surface area contributed by atoms with Gasteiger partial charge in [-0.2, -0.15) is 5.10 Å². The minimum atomic E-state index is -0.372. The summed E-state index contributed by atoms with van der Waals surface area (Å²) >= 11 is 0. The maximum Gasteiger partial charge on any atom is 0.277 e. The quantitative estimate of drug-likeness (QED) is 0.379. The summed E-state index contributed by atoms with van der Waals surface area (Å²) in [6.07, 6.45) is 7.05. The molecule has 27 heavy (non-hydrogen) atoms. The number of aromatic hydroxyl groups is 1. The molecule has 0 saturated carbocycles. The van der Waals surface area contributed by atoms with Crippen molar-refractivity contribution in [2.24, 2.45) is 5.10 Å². The molecule has 0 radical (unpaired) electrons. The van der Waals surface area contributed by atoms with Crippen molar-refractivity contribution in [2.45, 2.75) is 32.6 Å². The Morgan fingerprint density at radius 3 is 2.74 bits per heavy atom. The van der Waals surface area contributed by atoms with Crippen LogP contribution in [-0.4, -0.2) is 23.8 Å². The number of carbonyl (C=O) groups is 1. The first-order chi connectivity index (χ1) is 13.1. The van der Waals surface area contributed by atoms with Crippen LogP contribution >= 0.6 is 0 Å². The minimum Gasteiger partial charge on any atom is -0.507 e. The number of phenols is 1. The van der Waals surface area contributed by atoms with Crippen molar-refractivity contribution in [2.75, 3.05) is 6.61 Å². The van der Waals surface area contributed by atoms with E-state index in [1.165, 1.54) is 11.8 Å². The number of phenolic OH excluding ortho intramolecular Hbond substituents is 1. The second kappa shape index (κ2) is 10.8. The zero-order valence-corrected chi connectivity index (χ0v) is 15.6. The van der Waals surface area contributed by atoms with Crippen LogP contribution in [0.2, 0.25) is 0 Å². The van der Waals surface area contributed by atoms with E-state index in [-0.39, 0.29) is 18.3 Å². The molecule has 0 aliphatic carbocycles. The fourth-order valence-corrected chi connectivity index (χ4v) is 2.52. The number of carbonyl (C=O) groups excluding carboxylic acids is 1. The molecule has 5 nitrogen and oxygen atoms in total. The van der Waals surface area contributed by atoms with E-state index in [0.717, 1.165) is 24.8 Å². The van der Waals surface area contributed by atoms with Crippen LogP contribution in [0, 0.1) is 0 Å². The fraction of sp³-hybridized carbons (Fsp3) is 0.273. The zero-order valence-electron chi connectivity index (χ0n) is 15.6. The molecule has 5 heteroatoms. The van der Waals surface area contributed by atoms with E-state index in [9.17, 15) is 9.90 Å². The Labute approximate surface area is 160 Å². The van der Waals surface area contributed by atoms with Gasteiger partial charge in [0.2, 0.25) is 0 Å². The van der Waals surface area contributed by atoms with Crippen LogP contribution in [0.1, 0.15) is 36.5 Å². The number of hydrazone groups is 1. The standard InChI is InChI=1S/C22H26N2O3/c1-3-5-8-17-11-13-20(14-12-17)27-16-21(25)24-23-15-19-10-6-9-18(7-4-2)22(19)26/h4,6,9-15,26H,2-3,5,7-8,16H2,1H3,(H,24,25)/b23-15+. The molecule has 2 N–H and O–H groups in total.